The molecule has 0 bridgehead atoms. The Kier molecular flexibility index (Phi) is 3.88. The minimum atomic E-state index is 0.279. The monoisotopic (exact) mass is 242 g/mol. The molecule has 3 nitrogen and oxygen atoms in total. The van der Waals surface area contributed by atoms with Crippen LogP contribution in [0.2, 0.25) is 0 Å². The minimum Gasteiger partial charge on any atom is -0.464 e. The Morgan fingerprint density at radius 2 is 2.28 bits per heavy atom. The van der Waals surface area contributed by atoms with E-state index in [0.29, 0.717) is 0 Å². The van der Waals surface area contributed by atoms with Crippen molar-refractivity contribution in [2.24, 2.45) is 0 Å². The Bertz CT molecular complexity index is 578. The maximum Gasteiger partial charge on any atom is 0.220 e. The molecule has 2 rings (SSSR count). The lowest BCUT2D eigenvalue weighted by molar-refractivity contribution is 0.327. The third-order valence-corrected chi connectivity index (χ3v) is 2.86. The van der Waals surface area contributed by atoms with Gasteiger partial charge in [-0.3, -0.25) is 0 Å². The standard InChI is InChI=1S/C15H18N2O/c1-4-6-9-17-15(18-10-5-2)13-11-12(3)7-8-14(13)16-17/h2,7-8,11H,4,6,9-10H2,1,3H3. The summed E-state index contributed by atoms with van der Waals surface area (Å²) in [4.78, 5) is 0. The summed E-state index contributed by atoms with van der Waals surface area (Å²) in [7, 11) is 0. The van der Waals surface area contributed by atoms with E-state index in [0.717, 1.165) is 36.2 Å². The number of hydrogen-bond donors (Lipinski definition) is 0. The molecule has 0 fully saturated rings. The number of hydrogen-bond acceptors (Lipinski definition) is 2. The highest BCUT2D eigenvalue weighted by Crippen LogP contribution is 2.27. The van der Waals surface area contributed by atoms with Crippen molar-refractivity contribution in [1.29, 1.82) is 0 Å². The molecule has 0 aliphatic heterocycles. The first-order valence-electron chi connectivity index (χ1n) is 6.29. The fourth-order valence-corrected chi connectivity index (χ4v) is 1.94. The molecule has 0 aliphatic carbocycles. The zero-order chi connectivity index (χ0) is 13.0. The largest absolute Gasteiger partial charge is 0.464 e. The van der Waals surface area contributed by atoms with Crippen LogP contribution in [0.4, 0.5) is 0 Å². The van der Waals surface area contributed by atoms with Crippen LogP contribution < -0.4 is 4.74 Å². The van der Waals surface area contributed by atoms with Crippen LogP contribution in [0.15, 0.2) is 18.2 Å². The van der Waals surface area contributed by atoms with Gasteiger partial charge in [0, 0.05) is 6.54 Å². The molecule has 0 saturated carbocycles. The Balaban J connectivity index is 2.44. The molecule has 3 heteroatoms. The average molecular weight is 242 g/mol. The van der Waals surface area contributed by atoms with Crippen molar-refractivity contribution in [3.8, 4) is 18.2 Å². The van der Waals surface area contributed by atoms with Crippen LogP contribution in [-0.4, -0.2) is 16.4 Å². The Hall–Kier alpha value is -1.95. The van der Waals surface area contributed by atoms with Gasteiger partial charge < -0.3 is 4.74 Å². The van der Waals surface area contributed by atoms with Crippen LogP contribution in [0, 0.1) is 19.3 Å². The summed E-state index contributed by atoms with van der Waals surface area (Å²) in [6, 6.07) is 6.18. The number of ether oxygens (including phenoxy) is 1. The summed E-state index contributed by atoms with van der Waals surface area (Å²) >= 11 is 0. The first kappa shape index (κ1) is 12.5. The predicted octanol–water partition coefficient (Wildman–Crippen LogP) is 3.16. The highest BCUT2D eigenvalue weighted by Gasteiger charge is 2.12. The Labute approximate surface area is 108 Å². The van der Waals surface area contributed by atoms with E-state index in [9.17, 15) is 0 Å². The van der Waals surface area contributed by atoms with Gasteiger partial charge in [-0.15, -0.1) is 6.42 Å². The molecule has 0 radical (unpaired) electrons. The topological polar surface area (TPSA) is 27.1 Å². The number of aromatic nitrogens is 2. The van der Waals surface area contributed by atoms with Crippen molar-refractivity contribution in [3.63, 3.8) is 0 Å². The van der Waals surface area contributed by atoms with Gasteiger partial charge in [0.2, 0.25) is 5.88 Å². The first-order valence-corrected chi connectivity index (χ1v) is 6.29. The van der Waals surface area contributed by atoms with E-state index in [1.165, 1.54) is 5.56 Å². The van der Waals surface area contributed by atoms with E-state index in [2.05, 4.69) is 37.0 Å². The highest BCUT2D eigenvalue weighted by atomic mass is 16.5. The van der Waals surface area contributed by atoms with Gasteiger partial charge >= 0.3 is 0 Å². The summed E-state index contributed by atoms with van der Waals surface area (Å²) in [6.07, 6.45) is 7.48. The summed E-state index contributed by atoms with van der Waals surface area (Å²) in [5, 5.41) is 5.61. The highest BCUT2D eigenvalue weighted by molar-refractivity contribution is 5.84. The molecule has 18 heavy (non-hydrogen) atoms. The lowest BCUT2D eigenvalue weighted by Gasteiger charge is -2.06. The van der Waals surface area contributed by atoms with E-state index in [4.69, 9.17) is 11.2 Å². The van der Waals surface area contributed by atoms with Crippen molar-refractivity contribution >= 4 is 10.9 Å². The van der Waals surface area contributed by atoms with Crippen molar-refractivity contribution in [3.05, 3.63) is 23.8 Å². The fourth-order valence-electron chi connectivity index (χ4n) is 1.94. The van der Waals surface area contributed by atoms with Gasteiger partial charge in [0.05, 0.1) is 10.9 Å². The number of benzene rings is 1. The molecule has 0 N–H and O–H groups in total. The van der Waals surface area contributed by atoms with Gasteiger partial charge in [0.1, 0.15) is 0 Å². The summed E-state index contributed by atoms with van der Waals surface area (Å²) in [6.45, 7) is 5.37. The van der Waals surface area contributed by atoms with Gasteiger partial charge in [-0.1, -0.05) is 30.9 Å². The van der Waals surface area contributed by atoms with Crippen LogP contribution in [0.3, 0.4) is 0 Å². The number of unbranched alkanes of at least 4 members (excludes halogenated alkanes) is 1. The number of nitrogens with zero attached hydrogens (tertiary/aromatic N) is 2. The molecule has 94 valence electrons. The molecule has 0 unspecified atom stereocenters. The number of aryl methyl sites for hydroxylation is 2. The minimum absolute atomic E-state index is 0.279. The second-order valence-electron chi connectivity index (χ2n) is 4.40. The van der Waals surface area contributed by atoms with Crippen LogP contribution in [0.5, 0.6) is 5.88 Å². The van der Waals surface area contributed by atoms with Gasteiger partial charge in [0.15, 0.2) is 6.61 Å². The summed E-state index contributed by atoms with van der Waals surface area (Å²) in [5.41, 5.74) is 2.16. The second kappa shape index (κ2) is 5.59. The lowest BCUT2D eigenvalue weighted by Crippen LogP contribution is -2.05. The summed E-state index contributed by atoms with van der Waals surface area (Å²) in [5.74, 6) is 3.30. The third kappa shape index (κ3) is 2.48. The predicted molar refractivity (Wildman–Crippen MR) is 73.7 cm³/mol. The maximum atomic E-state index is 5.66. The molecular formula is C15H18N2O. The van der Waals surface area contributed by atoms with Crippen LogP contribution >= 0.6 is 0 Å². The van der Waals surface area contributed by atoms with Crippen LogP contribution in [0.25, 0.3) is 10.9 Å². The van der Waals surface area contributed by atoms with E-state index in [1.54, 1.807) is 0 Å². The fraction of sp³-hybridized carbons (Fsp3) is 0.400. The van der Waals surface area contributed by atoms with Gasteiger partial charge in [-0.2, -0.15) is 5.10 Å². The van der Waals surface area contributed by atoms with E-state index in [-0.39, 0.29) is 6.61 Å². The second-order valence-corrected chi connectivity index (χ2v) is 4.40. The van der Waals surface area contributed by atoms with Gasteiger partial charge in [-0.05, 0) is 25.5 Å². The molecule has 0 spiro atoms. The number of rotatable bonds is 5. The van der Waals surface area contributed by atoms with Crippen LogP contribution in [-0.2, 0) is 6.54 Å². The van der Waals surface area contributed by atoms with Crippen molar-refractivity contribution < 1.29 is 4.74 Å². The van der Waals surface area contributed by atoms with Crippen molar-refractivity contribution in [2.45, 2.75) is 33.2 Å². The Morgan fingerprint density at radius 1 is 1.44 bits per heavy atom. The van der Waals surface area contributed by atoms with Crippen LogP contribution in [0.1, 0.15) is 25.3 Å². The van der Waals surface area contributed by atoms with Crippen molar-refractivity contribution in [1.82, 2.24) is 9.78 Å². The number of terminal acetylenes is 1. The van der Waals surface area contributed by atoms with Crippen molar-refractivity contribution in [2.75, 3.05) is 6.61 Å². The molecular weight excluding hydrogens is 224 g/mol. The molecule has 1 heterocycles. The number of fused-ring (bicyclic) bond motifs is 1. The molecule has 0 amide bonds. The molecule has 0 saturated heterocycles. The molecule has 1 aromatic carbocycles. The summed E-state index contributed by atoms with van der Waals surface area (Å²) < 4.78 is 7.58. The van der Waals surface area contributed by atoms with E-state index in [1.807, 2.05) is 10.7 Å². The van der Waals surface area contributed by atoms with E-state index < -0.39 is 0 Å². The normalized spacial score (nSPS) is 10.5. The lowest BCUT2D eigenvalue weighted by atomic mass is 10.2. The first-order chi connectivity index (χ1) is 8.76. The molecule has 1 aromatic heterocycles. The van der Waals surface area contributed by atoms with Gasteiger partial charge in [0.25, 0.3) is 0 Å². The molecule has 2 aromatic rings. The molecule has 0 aliphatic rings. The van der Waals surface area contributed by atoms with E-state index >= 15 is 0 Å². The quantitative estimate of drug-likeness (QED) is 0.753. The average Bonchev–Trinajstić information content (AvgIpc) is 2.71. The zero-order valence-electron chi connectivity index (χ0n) is 10.9. The Morgan fingerprint density at radius 3 is 3.00 bits per heavy atom. The zero-order valence-corrected chi connectivity index (χ0v) is 10.9. The van der Waals surface area contributed by atoms with Gasteiger partial charge in [-0.25, -0.2) is 4.68 Å². The maximum absolute atomic E-state index is 5.66. The smallest absolute Gasteiger partial charge is 0.220 e. The molecule has 0 atom stereocenters. The SMILES string of the molecule is C#CCOc1c2cc(C)ccc2nn1CCCC. The third-order valence-electron chi connectivity index (χ3n) is 2.86.